The lowest BCUT2D eigenvalue weighted by molar-refractivity contribution is -0.0255. The van der Waals surface area contributed by atoms with Gasteiger partial charge in [-0.25, -0.2) is 0 Å². The SMILES string of the molecule is OC1(c2ccccc2)CCN(CCc2ccccc2)CC1. The van der Waals surface area contributed by atoms with Gasteiger partial charge in [-0.3, -0.25) is 0 Å². The smallest absolute Gasteiger partial charge is 0.0920 e. The largest absolute Gasteiger partial charge is 0.385 e. The molecule has 0 aliphatic carbocycles. The maximum absolute atomic E-state index is 10.8. The summed E-state index contributed by atoms with van der Waals surface area (Å²) in [5, 5.41) is 10.8. The second-order valence-corrected chi connectivity index (χ2v) is 5.97. The van der Waals surface area contributed by atoms with Crippen LogP contribution < -0.4 is 0 Å². The van der Waals surface area contributed by atoms with E-state index in [0.717, 1.165) is 44.5 Å². The van der Waals surface area contributed by atoms with Crippen LogP contribution in [0.1, 0.15) is 24.0 Å². The van der Waals surface area contributed by atoms with E-state index in [-0.39, 0.29) is 0 Å². The van der Waals surface area contributed by atoms with Crippen LogP contribution in [0.4, 0.5) is 0 Å². The molecule has 110 valence electrons. The molecule has 0 spiro atoms. The van der Waals surface area contributed by atoms with Gasteiger partial charge in [-0.1, -0.05) is 60.7 Å². The van der Waals surface area contributed by atoms with Crippen LogP contribution in [0.15, 0.2) is 60.7 Å². The van der Waals surface area contributed by atoms with Crippen LogP contribution in [-0.2, 0) is 12.0 Å². The monoisotopic (exact) mass is 281 g/mol. The molecular weight excluding hydrogens is 258 g/mol. The van der Waals surface area contributed by atoms with Crippen molar-refractivity contribution in [2.45, 2.75) is 24.9 Å². The summed E-state index contributed by atoms with van der Waals surface area (Å²) in [5.41, 5.74) is 1.82. The maximum atomic E-state index is 10.8. The molecule has 2 aromatic rings. The number of nitrogens with zero attached hydrogens (tertiary/aromatic N) is 1. The van der Waals surface area contributed by atoms with E-state index in [9.17, 15) is 5.11 Å². The Hall–Kier alpha value is -1.64. The zero-order valence-corrected chi connectivity index (χ0v) is 12.4. The molecule has 2 heteroatoms. The van der Waals surface area contributed by atoms with Gasteiger partial charge in [0.1, 0.15) is 0 Å². The van der Waals surface area contributed by atoms with Crippen LogP contribution in [0.5, 0.6) is 0 Å². The van der Waals surface area contributed by atoms with Crippen molar-refractivity contribution in [1.82, 2.24) is 4.90 Å². The quantitative estimate of drug-likeness (QED) is 0.930. The van der Waals surface area contributed by atoms with E-state index in [1.807, 2.05) is 30.3 Å². The molecule has 1 aliphatic rings. The number of aliphatic hydroxyl groups is 1. The van der Waals surface area contributed by atoms with Crippen molar-refractivity contribution < 1.29 is 5.11 Å². The number of benzene rings is 2. The average Bonchev–Trinajstić information content (AvgIpc) is 2.56. The molecule has 1 fully saturated rings. The number of likely N-dealkylation sites (tertiary alicyclic amines) is 1. The van der Waals surface area contributed by atoms with Gasteiger partial charge in [0, 0.05) is 19.6 Å². The summed E-state index contributed by atoms with van der Waals surface area (Å²) in [6.45, 7) is 3.02. The van der Waals surface area contributed by atoms with Gasteiger partial charge in [-0.05, 0) is 30.4 Å². The molecule has 1 heterocycles. The fraction of sp³-hybridized carbons (Fsp3) is 0.368. The van der Waals surface area contributed by atoms with Crippen LogP contribution >= 0.6 is 0 Å². The standard InChI is InChI=1S/C19H23NO/c21-19(18-9-5-2-6-10-18)12-15-20(16-13-19)14-11-17-7-3-1-4-8-17/h1-10,21H,11-16H2. The van der Waals surface area contributed by atoms with E-state index in [2.05, 4.69) is 35.2 Å². The van der Waals surface area contributed by atoms with E-state index < -0.39 is 5.60 Å². The summed E-state index contributed by atoms with van der Waals surface area (Å²) < 4.78 is 0. The van der Waals surface area contributed by atoms with Gasteiger partial charge in [0.15, 0.2) is 0 Å². The first-order valence-electron chi connectivity index (χ1n) is 7.80. The molecule has 0 atom stereocenters. The lowest BCUT2D eigenvalue weighted by Crippen LogP contribution is -2.43. The van der Waals surface area contributed by atoms with E-state index >= 15 is 0 Å². The van der Waals surface area contributed by atoms with Crippen LogP contribution in [0.2, 0.25) is 0 Å². The van der Waals surface area contributed by atoms with Crippen LogP contribution in [0.3, 0.4) is 0 Å². The summed E-state index contributed by atoms with van der Waals surface area (Å²) in [6, 6.07) is 20.7. The fourth-order valence-corrected chi connectivity index (χ4v) is 3.12. The molecule has 1 aliphatic heterocycles. The number of hydrogen-bond acceptors (Lipinski definition) is 2. The molecule has 0 radical (unpaired) electrons. The van der Waals surface area contributed by atoms with Crippen LogP contribution in [0.25, 0.3) is 0 Å². The lowest BCUT2D eigenvalue weighted by Gasteiger charge is -2.38. The molecular formula is C19H23NO. The second-order valence-electron chi connectivity index (χ2n) is 5.97. The van der Waals surface area contributed by atoms with Gasteiger partial charge in [-0.2, -0.15) is 0 Å². The number of hydrogen-bond donors (Lipinski definition) is 1. The Morgan fingerprint density at radius 2 is 1.43 bits per heavy atom. The Labute approximate surface area is 127 Å². The highest BCUT2D eigenvalue weighted by atomic mass is 16.3. The van der Waals surface area contributed by atoms with E-state index in [0.29, 0.717) is 0 Å². The summed E-state index contributed by atoms with van der Waals surface area (Å²) in [6.07, 6.45) is 2.74. The highest BCUT2D eigenvalue weighted by Gasteiger charge is 2.33. The second kappa shape index (κ2) is 6.42. The molecule has 3 rings (SSSR count). The molecule has 2 nitrogen and oxygen atoms in total. The van der Waals surface area contributed by atoms with Crippen molar-refractivity contribution in [3.8, 4) is 0 Å². The van der Waals surface area contributed by atoms with Crippen molar-refractivity contribution in [3.05, 3.63) is 71.8 Å². The van der Waals surface area contributed by atoms with Crippen molar-refractivity contribution >= 4 is 0 Å². The normalized spacial score (nSPS) is 18.5. The Morgan fingerprint density at radius 3 is 2.05 bits per heavy atom. The first kappa shape index (κ1) is 14.3. The minimum Gasteiger partial charge on any atom is -0.385 e. The van der Waals surface area contributed by atoms with Gasteiger partial charge >= 0.3 is 0 Å². The molecule has 0 bridgehead atoms. The molecule has 0 aromatic heterocycles. The van der Waals surface area contributed by atoms with Gasteiger partial charge in [0.2, 0.25) is 0 Å². The van der Waals surface area contributed by atoms with Crippen molar-refractivity contribution in [2.24, 2.45) is 0 Å². The van der Waals surface area contributed by atoms with Crippen molar-refractivity contribution in [1.29, 1.82) is 0 Å². The summed E-state index contributed by atoms with van der Waals surface area (Å²) >= 11 is 0. The highest BCUT2D eigenvalue weighted by molar-refractivity contribution is 5.23. The fourth-order valence-electron chi connectivity index (χ4n) is 3.12. The molecule has 0 amide bonds. The third-order valence-electron chi connectivity index (χ3n) is 4.55. The Kier molecular flexibility index (Phi) is 4.37. The van der Waals surface area contributed by atoms with E-state index in [4.69, 9.17) is 0 Å². The third kappa shape index (κ3) is 3.52. The maximum Gasteiger partial charge on any atom is 0.0920 e. The molecule has 21 heavy (non-hydrogen) atoms. The minimum absolute atomic E-state index is 0.634. The first-order valence-corrected chi connectivity index (χ1v) is 7.80. The summed E-state index contributed by atoms with van der Waals surface area (Å²) in [4.78, 5) is 2.46. The zero-order valence-electron chi connectivity index (χ0n) is 12.4. The number of rotatable bonds is 4. The predicted octanol–water partition coefficient (Wildman–Crippen LogP) is 3.21. The topological polar surface area (TPSA) is 23.5 Å². The number of piperidine rings is 1. The average molecular weight is 281 g/mol. The molecule has 0 saturated carbocycles. The Bertz CT molecular complexity index is 544. The lowest BCUT2D eigenvalue weighted by atomic mass is 9.84. The zero-order chi connectivity index (χ0) is 14.5. The minimum atomic E-state index is -0.634. The van der Waals surface area contributed by atoms with Crippen LogP contribution in [0, 0.1) is 0 Å². The Morgan fingerprint density at radius 1 is 0.857 bits per heavy atom. The van der Waals surface area contributed by atoms with E-state index in [1.165, 1.54) is 5.56 Å². The van der Waals surface area contributed by atoms with Crippen LogP contribution in [-0.4, -0.2) is 29.6 Å². The third-order valence-corrected chi connectivity index (χ3v) is 4.55. The molecule has 1 N–H and O–H groups in total. The molecule has 0 unspecified atom stereocenters. The van der Waals surface area contributed by atoms with Gasteiger partial charge in [0.05, 0.1) is 5.60 Å². The Balaban J connectivity index is 1.53. The van der Waals surface area contributed by atoms with Gasteiger partial charge < -0.3 is 10.0 Å². The van der Waals surface area contributed by atoms with E-state index in [1.54, 1.807) is 0 Å². The van der Waals surface area contributed by atoms with Crippen molar-refractivity contribution in [3.63, 3.8) is 0 Å². The molecule has 2 aromatic carbocycles. The predicted molar refractivity (Wildman–Crippen MR) is 86.2 cm³/mol. The highest BCUT2D eigenvalue weighted by Crippen LogP contribution is 2.32. The molecule has 1 saturated heterocycles. The first-order chi connectivity index (χ1) is 10.3. The summed E-state index contributed by atoms with van der Waals surface area (Å²) in [5.74, 6) is 0. The summed E-state index contributed by atoms with van der Waals surface area (Å²) in [7, 11) is 0. The van der Waals surface area contributed by atoms with Gasteiger partial charge in [-0.15, -0.1) is 0 Å². The van der Waals surface area contributed by atoms with Gasteiger partial charge in [0.25, 0.3) is 0 Å². The van der Waals surface area contributed by atoms with Crippen molar-refractivity contribution in [2.75, 3.05) is 19.6 Å².